The molecule has 0 saturated heterocycles. The van der Waals surface area contributed by atoms with Gasteiger partial charge >= 0.3 is 6.03 Å². The second kappa shape index (κ2) is 8.97. The van der Waals surface area contributed by atoms with Gasteiger partial charge < -0.3 is 20.9 Å². The van der Waals surface area contributed by atoms with E-state index in [9.17, 15) is 9.59 Å². The van der Waals surface area contributed by atoms with Crippen LogP contribution in [0.5, 0.6) is 0 Å². The second-order valence-electron chi connectivity index (χ2n) is 8.82. The van der Waals surface area contributed by atoms with Gasteiger partial charge in [0.2, 0.25) is 0 Å². The number of hydrogen-bond acceptors (Lipinski definition) is 5. The van der Waals surface area contributed by atoms with Crippen molar-refractivity contribution in [1.29, 1.82) is 0 Å². The summed E-state index contributed by atoms with van der Waals surface area (Å²) in [5.41, 5.74) is 11.8. The molecule has 0 atom stereocenters. The summed E-state index contributed by atoms with van der Waals surface area (Å²) in [7, 11) is 0. The summed E-state index contributed by atoms with van der Waals surface area (Å²) in [4.78, 5) is 34.6. The van der Waals surface area contributed by atoms with Crippen molar-refractivity contribution in [2.75, 3.05) is 16.4 Å². The van der Waals surface area contributed by atoms with Crippen molar-refractivity contribution in [2.24, 2.45) is 0 Å². The molecule has 0 spiro atoms. The molecule has 0 fully saturated rings. The van der Waals surface area contributed by atoms with Gasteiger partial charge in [0.05, 0.1) is 10.9 Å². The summed E-state index contributed by atoms with van der Waals surface area (Å²) < 4.78 is 1.91. The van der Waals surface area contributed by atoms with Gasteiger partial charge in [-0.1, -0.05) is 12.1 Å². The van der Waals surface area contributed by atoms with E-state index in [4.69, 9.17) is 5.73 Å². The van der Waals surface area contributed by atoms with Crippen molar-refractivity contribution in [3.63, 3.8) is 0 Å². The molecule has 0 radical (unpaired) electrons. The summed E-state index contributed by atoms with van der Waals surface area (Å²) in [5.74, 6) is 0.0503. The van der Waals surface area contributed by atoms with Crippen molar-refractivity contribution >= 4 is 40.0 Å². The first-order valence-electron chi connectivity index (χ1n) is 11.1. The Labute approximate surface area is 198 Å². The van der Waals surface area contributed by atoms with Crippen molar-refractivity contribution < 1.29 is 9.59 Å². The molecule has 0 saturated carbocycles. The van der Waals surface area contributed by atoms with E-state index in [0.717, 1.165) is 16.7 Å². The largest absolute Gasteiger partial charge is 0.383 e. The van der Waals surface area contributed by atoms with Crippen molar-refractivity contribution in [3.05, 3.63) is 76.7 Å². The quantitative estimate of drug-likeness (QED) is 0.348. The maximum Gasteiger partial charge on any atom is 0.323 e. The fourth-order valence-corrected chi connectivity index (χ4v) is 4.10. The lowest BCUT2D eigenvalue weighted by Gasteiger charge is -2.11. The van der Waals surface area contributed by atoms with Gasteiger partial charge in [-0.15, -0.1) is 0 Å². The van der Waals surface area contributed by atoms with E-state index < -0.39 is 0 Å². The van der Waals surface area contributed by atoms with Crippen LogP contribution in [0.4, 0.5) is 22.0 Å². The molecule has 4 aromatic rings. The Morgan fingerprint density at radius 1 is 0.912 bits per heavy atom. The molecule has 0 aliphatic rings. The standard InChI is InChI=1S/C26H28N6O2/c1-14(2)32-12-21(22-24(27)28-13-29-25(22)32)23(33)20-11-18(7-6-17(20)5)30-26(34)31-19-9-15(3)8-16(4)10-19/h6-14H,1-5H3,(H2,27,28,29)(H2,30,31,34). The van der Waals surface area contributed by atoms with E-state index in [0.29, 0.717) is 33.5 Å². The number of carbonyl (C=O) groups excluding carboxylic acids is 2. The van der Waals surface area contributed by atoms with Gasteiger partial charge in [-0.05, 0) is 75.6 Å². The van der Waals surface area contributed by atoms with Gasteiger partial charge in [0.25, 0.3) is 0 Å². The van der Waals surface area contributed by atoms with Crippen LogP contribution in [0, 0.1) is 20.8 Å². The van der Waals surface area contributed by atoms with Gasteiger partial charge in [-0.25, -0.2) is 14.8 Å². The number of aryl methyl sites for hydroxylation is 3. The SMILES string of the molecule is Cc1cc(C)cc(NC(=O)Nc2ccc(C)c(C(=O)c3cn(C(C)C)c4ncnc(N)c34)c2)c1. The lowest BCUT2D eigenvalue weighted by molar-refractivity contribution is 0.103. The normalized spacial score (nSPS) is 11.1. The smallest absolute Gasteiger partial charge is 0.323 e. The number of aromatic nitrogens is 3. The van der Waals surface area contributed by atoms with Crippen molar-refractivity contribution in [3.8, 4) is 0 Å². The number of amides is 2. The molecule has 0 aliphatic carbocycles. The van der Waals surface area contributed by atoms with Gasteiger partial charge in [-0.2, -0.15) is 0 Å². The Bertz CT molecular complexity index is 1400. The number of anilines is 3. The van der Waals surface area contributed by atoms with Gasteiger partial charge in [0.1, 0.15) is 17.8 Å². The lowest BCUT2D eigenvalue weighted by atomic mass is 9.98. The van der Waals surface area contributed by atoms with E-state index in [1.165, 1.54) is 6.33 Å². The summed E-state index contributed by atoms with van der Waals surface area (Å²) in [5, 5.41) is 6.20. The number of benzene rings is 2. The molecular weight excluding hydrogens is 428 g/mol. The topological polar surface area (TPSA) is 115 Å². The highest BCUT2D eigenvalue weighted by atomic mass is 16.2. The molecule has 8 heteroatoms. The van der Waals surface area contributed by atoms with Crippen LogP contribution < -0.4 is 16.4 Å². The number of fused-ring (bicyclic) bond motifs is 1. The monoisotopic (exact) mass is 456 g/mol. The van der Waals surface area contributed by atoms with Crippen LogP contribution in [0.1, 0.15) is 52.5 Å². The number of urea groups is 1. The Kier molecular flexibility index (Phi) is 6.06. The molecule has 4 rings (SSSR count). The molecule has 0 bridgehead atoms. The third-order valence-corrected chi connectivity index (χ3v) is 5.66. The van der Waals surface area contributed by atoms with Crippen LogP contribution >= 0.6 is 0 Å². The molecule has 2 aromatic heterocycles. The molecule has 174 valence electrons. The molecule has 2 aromatic carbocycles. The van der Waals surface area contributed by atoms with E-state index in [1.807, 2.05) is 57.4 Å². The fourth-order valence-electron chi connectivity index (χ4n) is 4.10. The van der Waals surface area contributed by atoms with E-state index in [1.54, 1.807) is 24.4 Å². The maximum atomic E-state index is 13.6. The average Bonchev–Trinajstić information content (AvgIpc) is 3.15. The number of nitrogens with one attached hydrogen (secondary N) is 2. The highest BCUT2D eigenvalue weighted by Gasteiger charge is 2.22. The first-order chi connectivity index (χ1) is 16.1. The van der Waals surface area contributed by atoms with Gasteiger partial charge in [0.15, 0.2) is 5.78 Å². The molecule has 2 amide bonds. The highest BCUT2D eigenvalue weighted by Crippen LogP contribution is 2.30. The van der Waals surface area contributed by atoms with Crippen LogP contribution in [0.3, 0.4) is 0 Å². The summed E-state index contributed by atoms with van der Waals surface area (Å²) in [6, 6.07) is 10.8. The minimum Gasteiger partial charge on any atom is -0.383 e. The number of carbonyl (C=O) groups is 2. The Balaban J connectivity index is 1.65. The first kappa shape index (κ1) is 23.0. The fraction of sp³-hybridized carbons (Fsp3) is 0.231. The van der Waals surface area contributed by atoms with Crippen LogP contribution in [0.15, 0.2) is 48.9 Å². The maximum absolute atomic E-state index is 13.6. The third kappa shape index (κ3) is 4.47. The second-order valence-corrected chi connectivity index (χ2v) is 8.82. The zero-order valence-corrected chi connectivity index (χ0v) is 19.9. The zero-order valence-electron chi connectivity index (χ0n) is 19.9. The highest BCUT2D eigenvalue weighted by molar-refractivity contribution is 6.19. The third-order valence-electron chi connectivity index (χ3n) is 5.66. The number of nitrogen functional groups attached to an aromatic ring is 1. The number of hydrogen-bond donors (Lipinski definition) is 3. The van der Waals surface area contributed by atoms with Crippen LogP contribution in [-0.2, 0) is 0 Å². The molecule has 0 unspecified atom stereocenters. The minimum atomic E-state index is -0.388. The predicted molar refractivity (Wildman–Crippen MR) is 135 cm³/mol. The Hall–Kier alpha value is -4.20. The molecular formula is C26H28N6O2. The van der Waals surface area contributed by atoms with E-state index in [2.05, 4.69) is 20.6 Å². The number of nitrogens with two attached hydrogens (primary N) is 1. The summed E-state index contributed by atoms with van der Waals surface area (Å²) in [6.45, 7) is 9.82. The molecule has 8 nitrogen and oxygen atoms in total. The van der Waals surface area contributed by atoms with Crippen molar-refractivity contribution in [1.82, 2.24) is 14.5 Å². The van der Waals surface area contributed by atoms with Gasteiger partial charge in [-0.3, -0.25) is 4.79 Å². The predicted octanol–water partition coefficient (Wildman–Crippen LogP) is 5.39. The minimum absolute atomic E-state index is 0.0846. The molecule has 4 N–H and O–H groups in total. The Morgan fingerprint density at radius 2 is 1.59 bits per heavy atom. The van der Waals surface area contributed by atoms with Crippen molar-refractivity contribution in [2.45, 2.75) is 40.7 Å². The molecule has 0 aliphatic heterocycles. The van der Waals surface area contributed by atoms with Gasteiger partial charge in [0, 0.05) is 29.2 Å². The van der Waals surface area contributed by atoms with Crippen LogP contribution in [-0.4, -0.2) is 26.3 Å². The number of nitrogens with zero attached hydrogens (tertiary/aromatic N) is 3. The summed E-state index contributed by atoms with van der Waals surface area (Å²) >= 11 is 0. The number of ketones is 1. The molecule has 2 heterocycles. The number of rotatable bonds is 5. The van der Waals surface area contributed by atoms with Crippen LogP contribution in [0.2, 0.25) is 0 Å². The van der Waals surface area contributed by atoms with Crippen LogP contribution in [0.25, 0.3) is 11.0 Å². The van der Waals surface area contributed by atoms with E-state index in [-0.39, 0.29) is 23.7 Å². The zero-order chi connectivity index (χ0) is 24.6. The van der Waals surface area contributed by atoms with E-state index >= 15 is 0 Å². The summed E-state index contributed by atoms with van der Waals surface area (Å²) in [6.07, 6.45) is 3.17. The molecule has 34 heavy (non-hydrogen) atoms. The lowest BCUT2D eigenvalue weighted by Crippen LogP contribution is -2.20. The Morgan fingerprint density at radius 3 is 2.26 bits per heavy atom. The average molecular weight is 457 g/mol. The first-order valence-corrected chi connectivity index (χ1v) is 11.1.